The number of rotatable bonds is 6. The predicted octanol–water partition coefficient (Wildman–Crippen LogP) is 2.21. The molecule has 5 heteroatoms. The van der Waals surface area contributed by atoms with Crippen LogP contribution >= 0.6 is 24.0 Å². The summed E-state index contributed by atoms with van der Waals surface area (Å²) in [4.78, 5) is 7.00. The second-order valence-electron chi connectivity index (χ2n) is 5.59. The van der Waals surface area contributed by atoms with Gasteiger partial charge in [-0.3, -0.25) is 9.89 Å². The summed E-state index contributed by atoms with van der Waals surface area (Å²) in [6.07, 6.45) is 2.63. The van der Waals surface area contributed by atoms with E-state index < -0.39 is 0 Å². The maximum Gasteiger partial charge on any atom is 0.188 e. The first-order valence-electron chi connectivity index (χ1n) is 6.93. The molecule has 1 rings (SSSR count). The van der Waals surface area contributed by atoms with Gasteiger partial charge in [-0.2, -0.15) is 0 Å². The van der Waals surface area contributed by atoms with Gasteiger partial charge in [0.15, 0.2) is 5.96 Å². The molecule has 0 aromatic heterocycles. The zero-order valence-electron chi connectivity index (χ0n) is 12.5. The molecular formula is C14H29IN4. The van der Waals surface area contributed by atoms with Crippen molar-refractivity contribution in [3.63, 3.8) is 0 Å². The number of aliphatic imine (C=N–C) groups is 1. The summed E-state index contributed by atoms with van der Waals surface area (Å²) in [7, 11) is 0. The highest BCUT2D eigenvalue weighted by atomic mass is 127. The van der Waals surface area contributed by atoms with E-state index in [0.29, 0.717) is 24.5 Å². The molecule has 1 aliphatic rings. The lowest BCUT2D eigenvalue weighted by Gasteiger charge is -2.29. The Bertz CT molecular complexity index is 296. The number of likely N-dealkylation sites (tertiary alicyclic amines) is 1. The van der Waals surface area contributed by atoms with Crippen molar-refractivity contribution in [2.75, 3.05) is 26.2 Å². The first-order valence-corrected chi connectivity index (χ1v) is 6.93. The highest BCUT2D eigenvalue weighted by Crippen LogP contribution is 2.17. The van der Waals surface area contributed by atoms with Gasteiger partial charge in [0.05, 0.1) is 6.54 Å². The smallest absolute Gasteiger partial charge is 0.188 e. The van der Waals surface area contributed by atoms with E-state index in [-0.39, 0.29) is 24.0 Å². The Kier molecular flexibility index (Phi) is 9.43. The van der Waals surface area contributed by atoms with Gasteiger partial charge in [0.1, 0.15) is 0 Å². The Balaban J connectivity index is 0.00000324. The normalized spacial score (nSPS) is 18.2. The van der Waals surface area contributed by atoms with Gasteiger partial charge in [0.25, 0.3) is 0 Å². The zero-order chi connectivity index (χ0) is 13.5. The molecule has 0 spiro atoms. The van der Waals surface area contributed by atoms with Crippen LogP contribution in [-0.4, -0.2) is 43.1 Å². The molecule has 1 saturated heterocycles. The van der Waals surface area contributed by atoms with Crippen molar-refractivity contribution >= 4 is 29.9 Å². The number of nitrogens with one attached hydrogen (secondary N) is 1. The Hall–Kier alpha value is -0.300. The second kappa shape index (κ2) is 9.58. The van der Waals surface area contributed by atoms with Crippen LogP contribution in [-0.2, 0) is 0 Å². The monoisotopic (exact) mass is 380 g/mol. The van der Waals surface area contributed by atoms with Crippen molar-refractivity contribution in [3.8, 4) is 0 Å². The van der Waals surface area contributed by atoms with Crippen LogP contribution in [0.5, 0.6) is 0 Å². The second-order valence-corrected chi connectivity index (χ2v) is 5.59. The van der Waals surface area contributed by atoms with Gasteiger partial charge >= 0.3 is 0 Å². The fourth-order valence-corrected chi connectivity index (χ4v) is 2.31. The van der Waals surface area contributed by atoms with Crippen LogP contribution in [0.4, 0.5) is 0 Å². The summed E-state index contributed by atoms with van der Waals surface area (Å²) in [5.74, 6) is 1.14. The highest BCUT2D eigenvalue weighted by molar-refractivity contribution is 14.0. The van der Waals surface area contributed by atoms with Crippen molar-refractivity contribution in [1.82, 2.24) is 10.2 Å². The average Bonchev–Trinajstić information content (AvgIpc) is 2.79. The molecule has 1 fully saturated rings. The summed E-state index contributed by atoms with van der Waals surface area (Å²) >= 11 is 0. The molecule has 0 aromatic rings. The summed E-state index contributed by atoms with van der Waals surface area (Å²) in [6, 6.07) is 0.512. The van der Waals surface area contributed by atoms with Crippen LogP contribution in [0.15, 0.2) is 17.1 Å². The number of hydrogen-bond acceptors (Lipinski definition) is 2. The molecule has 0 aromatic carbocycles. The molecule has 3 N–H and O–H groups in total. The predicted molar refractivity (Wildman–Crippen MR) is 94.2 cm³/mol. The van der Waals surface area contributed by atoms with Crippen LogP contribution < -0.4 is 11.1 Å². The molecule has 1 unspecified atom stereocenters. The van der Waals surface area contributed by atoms with Crippen molar-refractivity contribution in [2.24, 2.45) is 16.6 Å². The summed E-state index contributed by atoms with van der Waals surface area (Å²) < 4.78 is 0. The van der Waals surface area contributed by atoms with E-state index in [0.717, 1.165) is 12.1 Å². The summed E-state index contributed by atoms with van der Waals surface area (Å²) in [5.41, 5.74) is 6.91. The van der Waals surface area contributed by atoms with Gasteiger partial charge in [-0.15, -0.1) is 24.0 Å². The highest BCUT2D eigenvalue weighted by Gasteiger charge is 2.24. The van der Waals surface area contributed by atoms with Crippen LogP contribution in [0, 0.1) is 5.92 Å². The molecule has 112 valence electrons. The maximum atomic E-state index is 5.85. The van der Waals surface area contributed by atoms with Gasteiger partial charge in [-0.1, -0.05) is 26.0 Å². The van der Waals surface area contributed by atoms with Gasteiger partial charge in [0, 0.05) is 12.6 Å². The van der Waals surface area contributed by atoms with Crippen LogP contribution in [0.3, 0.4) is 0 Å². The number of guanidine groups is 1. The van der Waals surface area contributed by atoms with Gasteiger partial charge in [-0.05, 0) is 38.8 Å². The van der Waals surface area contributed by atoms with Crippen LogP contribution in [0.2, 0.25) is 0 Å². The van der Waals surface area contributed by atoms with Crippen molar-refractivity contribution in [1.29, 1.82) is 0 Å². The van der Waals surface area contributed by atoms with Crippen LogP contribution in [0.1, 0.15) is 33.6 Å². The summed E-state index contributed by atoms with van der Waals surface area (Å²) in [5, 5.41) is 3.08. The third-order valence-corrected chi connectivity index (χ3v) is 3.40. The maximum absolute atomic E-state index is 5.85. The molecule has 0 amide bonds. The molecule has 0 saturated carbocycles. The van der Waals surface area contributed by atoms with Gasteiger partial charge in [-0.25, -0.2) is 0 Å². The lowest BCUT2D eigenvalue weighted by Crippen LogP contribution is -2.41. The standard InChI is InChI=1S/C14H28N4.HI/c1-11(2)9-16-14(15)17-10-13(12(3)4)18-7-5-6-8-18;/h12-13H,1,5-10H2,2-4H3,(H3,15,16,17);1H. The van der Waals surface area contributed by atoms with E-state index in [1.807, 2.05) is 6.92 Å². The Morgan fingerprint density at radius 2 is 1.95 bits per heavy atom. The zero-order valence-corrected chi connectivity index (χ0v) is 14.8. The first-order chi connectivity index (χ1) is 8.50. The van der Waals surface area contributed by atoms with Gasteiger partial charge in [0.2, 0.25) is 0 Å². The quantitative estimate of drug-likeness (QED) is 0.322. The fourth-order valence-electron chi connectivity index (χ4n) is 2.31. The fraction of sp³-hybridized carbons (Fsp3) is 0.786. The molecule has 1 aliphatic heterocycles. The van der Waals surface area contributed by atoms with Crippen molar-refractivity contribution < 1.29 is 0 Å². The lowest BCUT2D eigenvalue weighted by molar-refractivity contribution is 0.197. The van der Waals surface area contributed by atoms with Gasteiger partial charge < -0.3 is 11.1 Å². The van der Waals surface area contributed by atoms with E-state index in [4.69, 9.17) is 5.73 Å². The van der Waals surface area contributed by atoms with Crippen molar-refractivity contribution in [2.45, 2.75) is 39.7 Å². The minimum atomic E-state index is 0. The summed E-state index contributed by atoms with van der Waals surface area (Å²) in [6.45, 7) is 14.2. The van der Waals surface area contributed by atoms with Crippen LogP contribution in [0.25, 0.3) is 0 Å². The molecule has 1 heterocycles. The number of nitrogens with two attached hydrogens (primary N) is 1. The minimum Gasteiger partial charge on any atom is -0.370 e. The lowest BCUT2D eigenvalue weighted by atomic mass is 10.0. The molecular weight excluding hydrogens is 351 g/mol. The molecule has 1 atom stereocenters. The topological polar surface area (TPSA) is 53.6 Å². The Morgan fingerprint density at radius 3 is 2.42 bits per heavy atom. The van der Waals surface area contributed by atoms with E-state index in [1.165, 1.54) is 25.9 Å². The molecule has 4 nitrogen and oxygen atoms in total. The number of halogens is 1. The molecule has 0 bridgehead atoms. The Morgan fingerprint density at radius 1 is 1.37 bits per heavy atom. The van der Waals surface area contributed by atoms with E-state index in [9.17, 15) is 0 Å². The average molecular weight is 380 g/mol. The van der Waals surface area contributed by atoms with E-state index in [1.54, 1.807) is 0 Å². The first kappa shape index (κ1) is 18.7. The number of hydrogen-bond donors (Lipinski definition) is 2. The minimum absolute atomic E-state index is 0. The number of nitrogens with zero attached hydrogens (tertiary/aromatic N) is 2. The Labute approximate surface area is 134 Å². The molecule has 0 radical (unpaired) electrons. The van der Waals surface area contributed by atoms with Crippen molar-refractivity contribution in [3.05, 3.63) is 12.2 Å². The largest absolute Gasteiger partial charge is 0.370 e. The third-order valence-electron chi connectivity index (χ3n) is 3.40. The molecule has 0 aliphatic carbocycles. The SMILES string of the molecule is C=C(C)CNC(N)=NCC(C(C)C)N1CCCC1.I. The van der Waals surface area contributed by atoms with E-state index >= 15 is 0 Å². The molecule has 19 heavy (non-hydrogen) atoms. The third kappa shape index (κ3) is 7.15. The van der Waals surface area contributed by atoms with E-state index in [2.05, 4.69) is 35.6 Å².